The molecule has 1 aliphatic rings. The summed E-state index contributed by atoms with van der Waals surface area (Å²) < 4.78 is 60.1. The Balaban J connectivity index is 0.00000201. The van der Waals surface area contributed by atoms with E-state index >= 15 is 0 Å². The molecule has 0 spiro atoms. The fourth-order valence-electron chi connectivity index (χ4n) is 5.84. The van der Waals surface area contributed by atoms with Crippen LogP contribution in [0.15, 0.2) is 36.5 Å². The second-order valence-corrected chi connectivity index (χ2v) is 11.5. The van der Waals surface area contributed by atoms with Crippen LogP contribution < -0.4 is 11.1 Å². The van der Waals surface area contributed by atoms with Gasteiger partial charge < -0.3 is 44.4 Å². The van der Waals surface area contributed by atoms with Gasteiger partial charge in [0.1, 0.15) is 12.2 Å². The maximum Gasteiger partial charge on any atom is 0.406 e. The van der Waals surface area contributed by atoms with Gasteiger partial charge in [-0.3, -0.25) is 4.79 Å². The number of aryl methyl sites for hydroxylation is 1. The van der Waals surface area contributed by atoms with Crippen LogP contribution >= 0.6 is 0 Å². The smallest absolute Gasteiger partial charge is 0.406 e. The second kappa shape index (κ2) is 19.1. The summed E-state index contributed by atoms with van der Waals surface area (Å²) in [6, 6.07) is 9.05. The standard InChI is InChI=1S/C33H44F3N5O4.CH2O2/c1-4-45-32(42)31-19-24(2)21-40(31)14-16-44-18-17-43-15-11-25-22-39(3)13-10-28(25)38-29-8-5-9-30-27(29)20-26(7-6-12-37)41(30)23-33(34,35)36;2-1-3/h5,8-9,19-21,25,28,38H,4,10-18,22-23,37H2,1-3H3;1H,(H,2,3). The summed E-state index contributed by atoms with van der Waals surface area (Å²) in [6.45, 7) is 6.98. The predicted octanol–water partition coefficient (Wildman–Crippen LogP) is 4.36. The SMILES string of the molecule is CCOC(=O)c1cc(C)cn1CCOCCOCCC1CN(C)CCC1Nc1cccc2c1cc(C#CCN)n2CC(F)(F)F.O=CO. The van der Waals surface area contributed by atoms with Crippen molar-refractivity contribution in [2.75, 3.05) is 65.0 Å². The van der Waals surface area contributed by atoms with Gasteiger partial charge in [-0.25, -0.2) is 4.79 Å². The highest BCUT2D eigenvalue weighted by Gasteiger charge is 2.31. The van der Waals surface area contributed by atoms with E-state index in [-0.39, 0.29) is 30.9 Å². The molecule has 48 heavy (non-hydrogen) atoms. The van der Waals surface area contributed by atoms with E-state index in [2.05, 4.69) is 29.1 Å². The van der Waals surface area contributed by atoms with Crippen molar-refractivity contribution in [2.45, 2.75) is 52.0 Å². The van der Waals surface area contributed by atoms with Gasteiger partial charge in [0.25, 0.3) is 6.47 Å². The van der Waals surface area contributed by atoms with Crippen LogP contribution in [-0.4, -0.2) is 104 Å². The number of hydrogen-bond acceptors (Lipinski definition) is 8. The number of carbonyl (C=O) groups is 2. The van der Waals surface area contributed by atoms with Crippen molar-refractivity contribution in [1.29, 1.82) is 0 Å². The maximum absolute atomic E-state index is 13.4. The third-order valence-electron chi connectivity index (χ3n) is 7.88. The Morgan fingerprint density at radius 2 is 1.92 bits per heavy atom. The van der Waals surface area contributed by atoms with Crippen LogP contribution in [0.5, 0.6) is 0 Å². The number of esters is 1. The number of anilines is 1. The molecule has 4 rings (SSSR count). The number of likely N-dealkylation sites (tertiary alicyclic amines) is 1. The Bertz CT molecular complexity index is 1530. The Hall–Kier alpha value is -4.03. The van der Waals surface area contributed by atoms with Crippen LogP contribution in [0.2, 0.25) is 0 Å². The molecule has 2 atom stereocenters. The van der Waals surface area contributed by atoms with Crippen LogP contribution in [0.3, 0.4) is 0 Å². The number of alkyl halides is 3. The number of halogens is 3. The minimum atomic E-state index is -4.38. The molecule has 264 valence electrons. The molecule has 0 radical (unpaired) electrons. The molecule has 14 heteroatoms. The van der Waals surface area contributed by atoms with Gasteiger partial charge in [-0.15, -0.1) is 0 Å². The summed E-state index contributed by atoms with van der Waals surface area (Å²) in [5.41, 5.74) is 8.57. The van der Waals surface area contributed by atoms with E-state index in [1.807, 2.05) is 29.8 Å². The zero-order chi connectivity index (χ0) is 35.1. The van der Waals surface area contributed by atoms with Crippen molar-refractivity contribution in [2.24, 2.45) is 11.7 Å². The first-order valence-electron chi connectivity index (χ1n) is 15.9. The summed E-state index contributed by atoms with van der Waals surface area (Å²) in [7, 11) is 2.10. The van der Waals surface area contributed by atoms with Crippen molar-refractivity contribution < 1.29 is 42.1 Å². The lowest BCUT2D eigenvalue weighted by Gasteiger charge is -2.38. The van der Waals surface area contributed by atoms with Crippen LogP contribution in [0, 0.1) is 24.7 Å². The van der Waals surface area contributed by atoms with Crippen molar-refractivity contribution in [3.63, 3.8) is 0 Å². The van der Waals surface area contributed by atoms with Crippen molar-refractivity contribution in [3.05, 3.63) is 53.5 Å². The minimum Gasteiger partial charge on any atom is -0.483 e. The minimum absolute atomic E-state index is 0.0651. The highest BCUT2D eigenvalue weighted by Crippen LogP contribution is 2.32. The van der Waals surface area contributed by atoms with E-state index in [0.29, 0.717) is 61.9 Å². The number of nitrogens with two attached hydrogens (primary N) is 1. The highest BCUT2D eigenvalue weighted by atomic mass is 19.4. The molecular formula is C34H46F3N5O6. The Labute approximate surface area is 279 Å². The molecule has 0 saturated carbocycles. The summed E-state index contributed by atoms with van der Waals surface area (Å²) in [5, 5.41) is 11.2. The lowest BCUT2D eigenvalue weighted by Crippen LogP contribution is -2.45. The van der Waals surface area contributed by atoms with Gasteiger partial charge in [-0.1, -0.05) is 12.0 Å². The van der Waals surface area contributed by atoms with E-state index in [1.54, 1.807) is 25.1 Å². The average Bonchev–Trinajstić information content (AvgIpc) is 3.58. The van der Waals surface area contributed by atoms with Gasteiger partial charge in [0, 0.05) is 43.0 Å². The normalized spacial score (nSPS) is 16.5. The van der Waals surface area contributed by atoms with E-state index in [0.717, 1.165) is 37.2 Å². The third-order valence-corrected chi connectivity index (χ3v) is 7.88. The van der Waals surface area contributed by atoms with Crippen molar-refractivity contribution in [3.8, 4) is 11.8 Å². The topological polar surface area (TPSA) is 133 Å². The Morgan fingerprint density at radius 1 is 1.19 bits per heavy atom. The Kier molecular flexibility index (Phi) is 15.3. The third kappa shape index (κ3) is 11.6. The number of carboxylic acid groups (broad SMARTS) is 1. The summed E-state index contributed by atoms with van der Waals surface area (Å²) in [6.07, 6.45) is -0.749. The highest BCUT2D eigenvalue weighted by molar-refractivity contribution is 5.94. The van der Waals surface area contributed by atoms with Crippen LogP contribution in [0.1, 0.15) is 41.5 Å². The average molecular weight is 678 g/mol. The van der Waals surface area contributed by atoms with Gasteiger partial charge in [0.05, 0.1) is 44.2 Å². The zero-order valence-corrected chi connectivity index (χ0v) is 27.7. The van der Waals surface area contributed by atoms with E-state index in [9.17, 15) is 18.0 Å². The first kappa shape index (κ1) is 38.4. The lowest BCUT2D eigenvalue weighted by molar-refractivity contribution is -0.140. The fourth-order valence-corrected chi connectivity index (χ4v) is 5.84. The van der Waals surface area contributed by atoms with Crippen LogP contribution in [-0.2, 0) is 32.1 Å². The molecule has 0 aliphatic carbocycles. The number of fused-ring (bicyclic) bond motifs is 1. The molecule has 1 saturated heterocycles. The maximum atomic E-state index is 13.4. The number of piperidine rings is 1. The van der Waals surface area contributed by atoms with Crippen molar-refractivity contribution in [1.82, 2.24) is 14.0 Å². The molecule has 3 heterocycles. The second-order valence-electron chi connectivity index (χ2n) is 11.5. The number of carbonyl (C=O) groups excluding carboxylic acids is 1. The zero-order valence-electron chi connectivity index (χ0n) is 27.7. The lowest BCUT2D eigenvalue weighted by atomic mass is 9.89. The summed E-state index contributed by atoms with van der Waals surface area (Å²) in [5.74, 6) is 5.45. The predicted molar refractivity (Wildman–Crippen MR) is 177 cm³/mol. The number of hydrogen-bond donors (Lipinski definition) is 3. The molecule has 4 N–H and O–H groups in total. The number of ether oxygens (including phenoxy) is 3. The van der Waals surface area contributed by atoms with Crippen molar-refractivity contribution >= 4 is 29.0 Å². The molecule has 0 amide bonds. The van der Waals surface area contributed by atoms with Gasteiger partial charge in [-0.2, -0.15) is 13.2 Å². The molecule has 2 aromatic heterocycles. The first-order chi connectivity index (χ1) is 23.0. The molecule has 3 aromatic rings. The van der Waals surface area contributed by atoms with E-state index in [1.165, 1.54) is 4.57 Å². The fraction of sp³-hybridized carbons (Fsp3) is 0.529. The number of rotatable bonds is 14. The molecule has 1 aliphatic heterocycles. The van der Waals surface area contributed by atoms with Crippen LogP contribution in [0.4, 0.5) is 18.9 Å². The molecule has 1 aromatic carbocycles. The van der Waals surface area contributed by atoms with Crippen LogP contribution in [0.25, 0.3) is 10.9 Å². The molecular weight excluding hydrogens is 631 g/mol. The van der Waals surface area contributed by atoms with Gasteiger partial charge in [0.2, 0.25) is 0 Å². The summed E-state index contributed by atoms with van der Waals surface area (Å²) >= 11 is 0. The number of aromatic nitrogens is 2. The quantitative estimate of drug-likeness (QED) is 0.0986. The Morgan fingerprint density at radius 3 is 2.60 bits per heavy atom. The van der Waals surface area contributed by atoms with E-state index in [4.69, 9.17) is 29.8 Å². The van der Waals surface area contributed by atoms with Gasteiger partial charge in [-0.05, 0) is 81.9 Å². The van der Waals surface area contributed by atoms with E-state index < -0.39 is 12.7 Å². The largest absolute Gasteiger partial charge is 0.483 e. The number of nitrogens with one attached hydrogen (secondary N) is 1. The molecule has 11 nitrogen and oxygen atoms in total. The number of benzene rings is 1. The monoisotopic (exact) mass is 677 g/mol. The molecule has 0 bridgehead atoms. The van der Waals surface area contributed by atoms with Gasteiger partial charge in [0.15, 0.2) is 0 Å². The molecule has 1 fully saturated rings. The molecule has 2 unspecified atom stereocenters. The van der Waals surface area contributed by atoms with Gasteiger partial charge >= 0.3 is 12.1 Å². The number of nitrogens with zero attached hydrogens (tertiary/aromatic N) is 3. The first-order valence-corrected chi connectivity index (χ1v) is 15.9. The summed E-state index contributed by atoms with van der Waals surface area (Å²) in [4.78, 5) is 22.8.